The van der Waals surface area contributed by atoms with Crippen LogP contribution in [-0.4, -0.2) is 35.6 Å². The van der Waals surface area contributed by atoms with E-state index in [1.807, 2.05) is 49.6 Å². The van der Waals surface area contributed by atoms with Crippen molar-refractivity contribution in [3.8, 4) is 11.5 Å². The number of hydrogen-bond acceptors (Lipinski definition) is 7. The van der Waals surface area contributed by atoms with E-state index in [1.165, 1.54) is 11.8 Å². The summed E-state index contributed by atoms with van der Waals surface area (Å²) in [6.07, 6.45) is 3.00. The van der Waals surface area contributed by atoms with Gasteiger partial charge in [-0.05, 0) is 47.3 Å². The molecule has 0 saturated heterocycles. The van der Waals surface area contributed by atoms with Crippen LogP contribution in [0.15, 0.2) is 63.6 Å². The van der Waals surface area contributed by atoms with Crippen LogP contribution in [-0.2, 0) is 4.79 Å². The second-order valence-corrected chi connectivity index (χ2v) is 8.29. The van der Waals surface area contributed by atoms with Gasteiger partial charge in [0.15, 0.2) is 22.8 Å². The van der Waals surface area contributed by atoms with E-state index in [0.29, 0.717) is 35.6 Å². The zero-order chi connectivity index (χ0) is 22.0. The third kappa shape index (κ3) is 4.07. The lowest BCUT2D eigenvalue weighted by Crippen LogP contribution is -2.50. The average Bonchev–Trinajstić information content (AvgIpc) is 2.77. The molecule has 2 aliphatic heterocycles. The van der Waals surface area contributed by atoms with Gasteiger partial charge in [0.05, 0.1) is 16.4 Å². The first-order valence-electron chi connectivity index (χ1n) is 9.67. The van der Waals surface area contributed by atoms with E-state index < -0.39 is 6.17 Å². The zero-order valence-corrected chi connectivity index (χ0v) is 19.5. The summed E-state index contributed by atoms with van der Waals surface area (Å²) in [5.41, 5.74) is 1.28. The Kier molecular flexibility index (Phi) is 6.33. The lowest BCUT2D eigenvalue weighted by Gasteiger charge is -2.34. The van der Waals surface area contributed by atoms with Gasteiger partial charge in [-0.3, -0.25) is 15.1 Å². The number of fused-ring (bicyclic) bond motifs is 2. The molecule has 1 atom stereocenters. The van der Waals surface area contributed by atoms with Gasteiger partial charge in [-0.2, -0.15) is 0 Å². The van der Waals surface area contributed by atoms with Crippen LogP contribution in [0.3, 0.4) is 0 Å². The third-order valence-electron chi connectivity index (χ3n) is 4.68. The number of rotatable bonds is 6. The van der Waals surface area contributed by atoms with Gasteiger partial charge in [0.1, 0.15) is 12.3 Å². The summed E-state index contributed by atoms with van der Waals surface area (Å²) in [6.45, 7) is 6.44. The molecule has 2 aliphatic rings. The molecule has 1 N–H and O–H groups in total. The minimum atomic E-state index is -0.540. The molecule has 0 saturated carbocycles. The molecule has 0 radical (unpaired) electrons. The molecule has 31 heavy (non-hydrogen) atoms. The van der Waals surface area contributed by atoms with E-state index >= 15 is 0 Å². The molecular weight excluding hydrogens is 480 g/mol. The quantitative estimate of drug-likeness (QED) is 0.617. The van der Waals surface area contributed by atoms with Gasteiger partial charge in [0, 0.05) is 10.8 Å². The lowest BCUT2D eigenvalue weighted by atomic mass is 10.1. The summed E-state index contributed by atoms with van der Waals surface area (Å²) in [6, 6.07) is 11.4. The molecule has 1 unspecified atom stereocenters. The maximum Gasteiger partial charge on any atom is 0.276 e. The molecule has 2 aromatic rings. The Morgan fingerprint density at radius 1 is 1.32 bits per heavy atom. The van der Waals surface area contributed by atoms with Crippen LogP contribution in [0.4, 0.5) is 0 Å². The van der Waals surface area contributed by atoms with Crippen LogP contribution in [0.1, 0.15) is 18.7 Å². The van der Waals surface area contributed by atoms with Gasteiger partial charge < -0.3 is 9.47 Å². The van der Waals surface area contributed by atoms with Crippen LogP contribution in [0.5, 0.6) is 11.5 Å². The lowest BCUT2D eigenvalue weighted by molar-refractivity contribution is -0.116. The zero-order valence-electron chi connectivity index (χ0n) is 17.1. The molecule has 9 heteroatoms. The fourth-order valence-corrected chi connectivity index (χ4v) is 4.36. The number of hydrazone groups is 1. The number of nitrogens with zero attached hydrogens (tertiary/aromatic N) is 3. The van der Waals surface area contributed by atoms with Gasteiger partial charge in [-0.25, -0.2) is 5.01 Å². The Labute approximate surface area is 192 Å². The van der Waals surface area contributed by atoms with E-state index in [1.54, 1.807) is 11.1 Å². The van der Waals surface area contributed by atoms with Crippen molar-refractivity contribution < 1.29 is 14.3 Å². The SMILES string of the molecule is C=CCOc1c(Br)cc(C2N=c3ccccc3=C3C(=O)NC(SC)=NN32)cc1OCC. The largest absolute Gasteiger partial charge is 0.490 e. The molecule has 0 bridgehead atoms. The second kappa shape index (κ2) is 9.15. The van der Waals surface area contributed by atoms with Gasteiger partial charge in [0.2, 0.25) is 0 Å². The summed E-state index contributed by atoms with van der Waals surface area (Å²) in [5, 5.41) is 11.2. The molecule has 0 aromatic heterocycles. The van der Waals surface area contributed by atoms with Crippen molar-refractivity contribution in [2.24, 2.45) is 10.1 Å². The molecular formula is C22H21BrN4O3S. The number of halogens is 1. The molecule has 0 aliphatic carbocycles. The predicted molar refractivity (Wildman–Crippen MR) is 125 cm³/mol. The average molecular weight is 501 g/mol. The van der Waals surface area contributed by atoms with Crippen LogP contribution in [0.2, 0.25) is 0 Å². The summed E-state index contributed by atoms with van der Waals surface area (Å²) in [5.74, 6) is 0.970. The standard InChI is InChI=1S/C22H21BrN4O3S/c1-4-10-30-19-15(23)11-13(12-17(19)29-5-2)20-24-16-9-7-6-8-14(16)18-21(28)25-22(31-3)26-27(18)20/h4,6-9,11-12,20H,1,5,10H2,2-3H3,(H,25,26,28). The van der Waals surface area contributed by atoms with Crippen molar-refractivity contribution in [1.29, 1.82) is 0 Å². The van der Waals surface area contributed by atoms with Crippen LogP contribution in [0.25, 0.3) is 5.70 Å². The van der Waals surface area contributed by atoms with Crippen molar-refractivity contribution >= 4 is 44.5 Å². The van der Waals surface area contributed by atoms with Crippen molar-refractivity contribution in [2.45, 2.75) is 13.1 Å². The Balaban J connectivity index is 1.90. The Bertz CT molecular complexity index is 1200. The van der Waals surface area contributed by atoms with Gasteiger partial charge in [-0.1, -0.05) is 42.6 Å². The highest BCUT2D eigenvalue weighted by molar-refractivity contribution is 9.10. The first-order chi connectivity index (χ1) is 15.1. The number of amides is 1. The number of ether oxygens (including phenoxy) is 2. The monoisotopic (exact) mass is 500 g/mol. The number of nitrogens with one attached hydrogen (secondary N) is 1. The first-order valence-corrected chi connectivity index (χ1v) is 11.7. The molecule has 0 fully saturated rings. The molecule has 2 heterocycles. The topological polar surface area (TPSA) is 75.5 Å². The number of hydrogen-bond donors (Lipinski definition) is 1. The fraction of sp³-hybridized carbons (Fsp3) is 0.227. The van der Waals surface area contributed by atoms with Crippen molar-refractivity contribution in [3.63, 3.8) is 0 Å². The Morgan fingerprint density at radius 2 is 2.13 bits per heavy atom. The number of thioether (sulfide) groups is 1. The maximum absolute atomic E-state index is 13.0. The van der Waals surface area contributed by atoms with Crippen molar-refractivity contribution in [2.75, 3.05) is 19.5 Å². The molecule has 1 amide bonds. The van der Waals surface area contributed by atoms with E-state index in [2.05, 4.69) is 32.9 Å². The minimum Gasteiger partial charge on any atom is -0.490 e. The van der Waals surface area contributed by atoms with E-state index in [-0.39, 0.29) is 5.91 Å². The highest BCUT2D eigenvalue weighted by atomic mass is 79.9. The summed E-state index contributed by atoms with van der Waals surface area (Å²) in [7, 11) is 0. The van der Waals surface area contributed by atoms with Crippen molar-refractivity contribution in [3.05, 3.63) is 69.7 Å². The normalized spacial score (nSPS) is 17.1. The van der Waals surface area contributed by atoms with Gasteiger partial charge in [-0.15, -0.1) is 5.10 Å². The first kappa shape index (κ1) is 21.5. The maximum atomic E-state index is 13.0. The molecule has 4 rings (SSSR count). The molecule has 0 spiro atoms. The van der Waals surface area contributed by atoms with Crippen LogP contribution < -0.4 is 25.4 Å². The smallest absolute Gasteiger partial charge is 0.276 e. The number of carbonyl (C=O) groups is 1. The Hall–Kier alpha value is -2.78. The summed E-state index contributed by atoms with van der Waals surface area (Å²) < 4.78 is 12.4. The second-order valence-electron chi connectivity index (χ2n) is 6.64. The fourth-order valence-electron chi connectivity index (χ4n) is 3.42. The summed E-state index contributed by atoms with van der Waals surface area (Å²) >= 11 is 4.96. The third-order valence-corrected chi connectivity index (χ3v) is 5.84. The molecule has 160 valence electrons. The van der Waals surface area contributed by atoms with Gasteiger partial charge >= 0.3 is 0 Å². The molecule has 7 nitrogen and oxygen atoms in total. The van der Waals surface area contributed by atoms with Crippen LogP contribution in [0, 0.1) is 0 Å². The number of para-hydroxylation sites is 1. The Morgan fingerprint density at radius 3 is 2.87 bits per heavy atom. The highest BCUT2D eigenvalue weighted by Crippen LogP contribution is 2.41. The van der Waals surface area contributed by atoms with Gasteiger partial charge in [0.25, 0.3) is 5.91 Å². The summed E-state index contributed by atoms with van der Waals surface area (Å²) in [4.78, 5) is 17.9. The predicted octanol–water partition coefficient (Wildman–Crippen LogP) is 2.92. The molecule has 2 aromatic carbocycles. The number of amidine groups is 1. The minimum absolute atomic E-state index is 0.207. The number of carbonyl (C=O) groups excluding carboxylic acids is 1. The highest BCUT2D eigenvalue weighted by Gasteiger charge is 2.34. The van der Waals surface area contributed by atoms with E-state index in [9.17, 15) is 4.79 Å². The number of benzene rings is 2. The van der Waals surface area contributed by atoms with Crippen molar-refractivity contribution in [1.82, 2.24) is 10.3 Å². The van der Waals surface area contributed by atoms with E-state index in [4.69, 9.17) is 14.5 Å². The van der Waals surface area contributed by atoms with E-state index in [0.717, 1.165) is 20.6 Å². The van der Waals surface area contributed by atoms with Crippen LogP contribution >= 0.6 is 27.7 Å².